The average Bonchev–Trinajstić information content (AvgIpc) is 2.64. The number of hydrogen-bond donors (Lipinski definition) is 0. The molecule has 0 aromatic heterocycles. The molecule has 1 saturated carbocycles. The minimum absolute atomic E-state index is 0.554. The fourth-order valence-electron chi connectivity index (χ4n) is 2.64. The molecule has 0 unspecified atom stereocenters. The Kier molecular flexibility index (Phi) is 2.61. The Hall–Kier alpha value is -1.57. The lowest BCUT2D eigenvalue weighted by molar-refractivity contribution is -0.244. The van der Waals surface area contributed by atoms with Gasteiger partial charge < -0.3 is 9.47 Å². The molecular weight excluding hydrogens is 222 g/mol. The van der Waals surface area contributed by atoms with E-state index in [1.165, 1.54) is 13.8 Å². The van der Waals surface area contributed by atoms with Crippen molar-refractivity contribution < 1.29 is 19.1 Å². The molecule has 0 spiro atoms. The van der Waals surface area contributed by atoms with Crippen LogP contribution in [0.3, 0.4) is 0 Å². The van der Waals surface area contributed by atoms with E-state index in [1.54, 1.807) is 0 Å². The molecule has 0 aromatic carbocycles. The fourth-order valence-corrected chi connectivity index (χ4v) is 2.64. The normalized spacial score (nSPS) is 27.1. The minimum atomic E-state index is -1.22. The third kappa shape index (κ3) is 1.88. The molecular formula is C12H15NO4. The quantitative estimate of drug-likeness (QED) is 0.510. The maximum atomic E-state index is 11.9. The molecule has 0 radical (unpaired) electrons. The highest BCUT2D eigenvalue weighted by molar-refractivity contribution is 5.98. The molecule has 2 aliphatic rings. The lowest BCUT2D eigenvalue weighted by Crippen LogP contribution is -2.51. The van der Waals surface area contributed by atoms with Crippen molar-refractivity contribution in [3.63, 3.8) is 0 Å². The summed E-state index contributed by atoms with van der Waals surface area (Å²) in [5, 5.41) is 9.27. The van der Waals surface area contributed by atoms with E-state index in [1.807, 2.05) is 0 Å². The molecule has 5 heteroatoms. The van der Waals surface area contributed by atoms with Gasteiger partial charge in [-0.2, -0.15) is 5.26 Å². The molecule has 2 fully saturated rings. The summed E-state index contributed by atoms with van der Waals surface area (Å²) in [5.41, 5.74) is -0.926. The largest absolute Gasteiger partial charge is 0.422 e. The topological polar surface area (TPSA) is 76.4 Å². The summed E-state index contributed by atoms with van der Waals surface area (Å²) in [7, 11) is 0. The predicted molar refractivity (Wildman–Crippen MR) is 56.3 cm³/mol. The number of esters is 2. The summed E-state index contributed by atoms with van der Waals surface area (Å²) < 4.78 is 10.1. The molecule has 0 aromatic rings. The van der Waals surface area contributed by atoms with Gasteiger partial charge in [0.15, 0.2) is 5.92 Å². The second-order valence-electron chi connectivity index (χ2n) is 5.15. The van der Waals surface area contributed by atoms with Crippen LogP contribution in [-0.2, 0) is 19.1 Å². The Morgan fingerprint density at radius 3 is 2.06 bits per heavy atom. The molecule has 0 bridgehead atoms. The van der Waals surface area contributed by atoms with Crippen LogP contribution in [0.2, 0.25) is 0 Å². The third-order valence-corrected chi connectivity index (χ3v) is 3.44. The van der Waals surface area contributed by atoms with E-state index in [-0.39, 0.29) is 0 Å². The van der Waals surface area contributed by atoms with Crippen LogP contribution < -0.4 is 0 Å². The first-order chi connectivity index (χ1) is 7.90. The van der Waals surface area contributed by atoms with E-state index < -0.39 is 29.1 Å². The van der Waals surface area contributed by atoms with Crippen LogP contribution >= 0.6 is 0 Å². The van der Waals surface area contributed by atoms with Gasteiger partial charge in [0.1, 0.15) is 0 Å². The monoisotopic (exact) mass is 237 g/mol. The SMILES string of the molecule is CC1(C)OC(=O)C(C2(C#N)CCCC2)C(=O)O1. The zero-order chi connectivity index (χ0) is 12.7. The number of ether oxygens (including phenoxy) is 2. The first-order valence-corrected chi connectivity index (χ1v) is 5.77. The van der Waals surface area contributed by atoms with Crippen LogP contribution in [0.25, 0.3) is 0 Å². The number of carbonyl (C=O) groups excluding carboxylic acids is 2. The van der Waals surface area contributed by atoms with Crippen LogP contribution in [-0.4, -0.2) is 17.7 Å². The van der Waals surface area contributed by atoms with Crippen molar-refractivity contribution in [2.24, 2.45) is 11.3 Å². The number of rotatable bonds is 1. The predicted octanol–water partition coefficient (Wildman–Crippen LogP) is 1.52. The fraction of sp³-hybridized carbons (Fsp3) is 0.750. The molecule has 0 amide bonds. The highest BCUT2D eigenvalue weighted by atomic mass is 16.7. The van der Waals surface area contributed by atoms with Crippen molar-refractivity contribution >= 4 is 11.9 Å². The van der Waals surface area contributed by atoms with Crippen LogP contribution in [0.15, 0.2) is 0 Å². The van der Waals surface area contributed by atoms with E-state index in [0.29, 0.717) is 12.8 Å². The number of cyclic esters (lactones) is 2. The molecule has 17 heavy (non-hydrogen) atoms. The van der Waals surface area contributed by atoms with Crippen LogP contribution in [0.4, 0.5) is 0 Å². The van der Waals surface area contributed by atoms with Gasteiger partial charge in [0.25, 0.3) is 5.79 Å². The Morgan fingerprint density at radius 2 is 1.65 bits per heavy atom. The highest BCUT2D eigenvalue weighted by Crippen LogP contribution is 2.46. The van der Waals surface area contributed by atoms with Crippen molar-refractivity contribution in [2.45, 2.75) is 45.3 Å². The molecule has 5 nitrogen and oxygen atoms in total. The Balaban J connectivity index is 2.30. The number of nitriles is 1. The Labute approximate surface area is 99.7 Å². The van der Waals surface area contributed by atoms with Crippen molar-refractivity contribution in [3.05, 3.63) is 0 Å². The number of hydrogen-bond acceptors (Lipinski definition) is 5. The molecule has 0 N–H and O–H groups in total. The van der Waals surface area contributed by atoms with E-state index in [4.69, 9.17) is 9.47 Å². The Morgan fingerprint density at radius 1 is 1.18 bits per heavy atom. The van der Waals surface area contributed by atoms with Crippen molar-refractivity contribution in [3.8, 4) is 6.07 Å². The smallest absolute Gasteiger partial charge is 0.325 e. The molecule has 2 rings (SSSR count). The van der Waals surface area contributed by atoms with Gasteiger partial charge in [-0.15, -0.1) is 0 Å². The summed E-state index contributed by atoms with van der Waals surface area (Å²) in [6, 6.07) is 2.13. The first-order valence-electron chi connectivity index (χ1n) is 5.77. The van der Waals surface area contributed by atoms with Crippen molar-refractivity contribution in [1.29, 1.82) is 5.26 Å². The van der Waals surface area contributed by atoms with Gasteiger partial charge in [-0.05, 0) is 12.8 Å². The van der Waals surface area contributed by atoms with E-state index in [2.05, 4.69) is 6.07 Å². The Bertz CT molecular complexity index is 381. The van der Waals surface area contributed by atoms with Gasteiger partial charge in [0, 0.05) is 13.8 Å². The number of nitrogens with zero attached hydrogens (tertiary/aromatic N) is 1. The minimum Gasteiger partial charge on any atom is -0.422 e. The molecule has 0 atom stereocenters. The molecule has 1 aliphatic carbocycles. The van der Waals surface area contributed by atoms with Crippen molar-refractivity contribution in [2.75, 3.05) is 0 Å². The molecule has 1 saturated heterocycles. The summed E-state index contributed by atoms with van der Waals surface area (Å²) in [6.45, 7) is 3.01. The van der Waals surface area contributed by atoms with Gasteiger partial charge in [0.2, 0.25) is 0 Å². The van der Waals surface area contributed by atoms with Crippen LogP contribution in [0.1, 0.15) is 39.5 Å². The van der Waals surface area contributed by atoms with Crippen molar-refractivity contribution in [1.82, 2.24) is 0 Å². The molecule has 1 heterocycles. The number of carbonyl (C=O) groups is 2. The zero-order valence-corrected chi connectivity index (χ0v) is 9.99. The zero-order valence-electron chi connectivity index (χ0n) is 9.99. The second-order valence-corrected chi connectivity index (χ2v) is 5.15. The second kappa shape index (κ2) is 3.73. The standard InChI is InChI=1S/C12H15NO4/c1-11(2)16-9(14)8(10(15)17-11)12(7-13)5-3-4-6-12/h8H,3-6H2,1-2H3. The summed E-state index contributed by atoms with van der Waals surface area (Å²) in [4.78, 5) is 23.8. The summed E-state index contributed by atoms with van der Waals surface area (Å²) in [5.74, 6) is -3.56. The maximum absolute atomic E-state index is 11.9. The van der Waals surface area contributed by atoms with Gasteiger partial charge in [-0.3, -0.25) is 9.59 Å². The van der Waals surface area contributed by atoms with Crippen LogP contribution in [0.5, 0.6) is 0 Å². The first kappa shape index (κ1) is 11.9. The highest BCUT2D eigenvalue weighted by Gasteiger charge is 2.56. The summed E-state index contributed by atoms with van der Waals surface area (Å²) in [6.07, 6.45) is 2.82. The van der Waals surface area contributed by atoms with Gasteiger partial charge >= 0.3 is 11.9 Å². The third-order valence-electron chi connectivity index (χ3n) is 3.44. The maximum Gasteiger partial charge on any atom is 0.325 e. The van der Waals surface area contributed by atoms with Gasteiger partial charge in [-0.25, -0.2) is 0 Å². The van der Waals surface area contributed by atoms with E-state index in [0.717, 1.165) is 12.8 Å². The lowest BCUT2D eigenvalue weighted by Gasteiger charge is -2.37. The van der Waals surface area contributed by atoms with E-state index in [9.17, 15) is 14.9 Å². The molecule has 1 aliphatic heterocycles. The van der Waals surface area contributed by atoms with Gasteiger partial charge in [-0.1, -0.05) is 12.8 Å². The summed E-state index contributed by atoms with van der Waals surface area (Å²) >= 11 is 0. The lowest BCUT2D eigenvalue weighted by atomic mass is 9.74. The average molecular weight is 237 g/mol. The molecule has 92 valence electrons. The van der Waals surface area contributed by atoms with E-state index >= 15 is 0 Å². The van der Waals surface area contributed by atoms with Crippen LogP contribution in [0, 0.1) is 22.7 Å². The van der Waals surface area contributed by atoms with Gasteiger partial charge in [0.05, 0.1) is 11.5 Å².